The first kappa shape index (κ1) is 17.0. The number of aromatic nitrogens is 1. The second-order valence-corrected chi connectivity index (χ2v) is 7.28. The Labute approximate surface area is 147 Å². The van der Waals surface area contributed by atoms with Crippen molar-refractivity contribution >= 4 is 22.6 Å². The molecular weight excluding hydrogens is 344 g/mol. The number of pyridine rings is 1. The van der Waals surface area contributed by atoms with Crippen LogP contribution in [0.2, 0.25) is 0 Å². The summed E-state index contributed by atoms with van der Waals surface area (Å²) in [6.45, 7) is 2.71. The summed E-state index contributed by atoms with van der Waals surface area (Å²) in [6, 6.07) is 0.685. The maximum atomic E-state index is 15.4. The average molecular weight is 363 g/mol. The van der Waals surface area contributed by atoms with E-state index in [2.05, 4.69) is 0 Å². The molecule has 3 atom stereocenters. The van der Waals surface area contributed by atoms with Gasteiger partial charge in [0.2, 0.25) is 5.43 Å². The number of hydrogen-bond donors (Lipinski definition) is 2. The number of nitrogens with two attached hydrogens (primary N) is 1. The summed E-state index contributed by atoms with van der Waals surface area (Å²) in [5, 5.41) is 9.05. The van der Waals surface area contributed by atoms with E-state index in [0.29, 0.717) is 19.5 Å². The highest BCUT2D eigenvalue weighted by atomic mass is 19.1. The van der Waals surface area contributed by atoms with Crippen LogP contribution in [0.15, 0.2) is 17.1 Å². The summed E-state index contributed by atoms with van der Waals surface area (Å²) in [4.78, 5) is 25.4. The molecule has 0 radical (unpaired) electrons. The molecule has 1 aliphatic carbocycles. The van der Waals surface area contributed by atoms with Crippen molar-refractivity contribution in [3.63, 3.8) is 0 Å². The van der Waals surface area contributed by atoms with Crippen molar-refractivity contribution in [1.82, 2.24) is 4.57 Å². The van der Waals surface area contributed by atoms with Gasteiger partial charge in [-0.15, -0.1) is 0 Å². The first-order valence-corrected chi connectivity index (χ1v) is 8.60. The molecule has 3 unspecified atom stereocenters. The number of benzene rings is 1. The zero-order chi connectivity index (χ0) is 18.7. The molecule has 26 heavy (non-hydrogen) atoms. The smallest absolute Gasteiger partial charge is 0.341 e. The molecule has 0 bridgehead atoms. The van der Waals surface area contributed by atoms with E-state index in [4.69, 9.17) is 5.73 Å². The molecule has 1 saturated heterocycles. The Morgan fingerprint density at radius 2 is 2.08 bits per heavy atom. The number of rotatable bonds is 3. The summed E-state index contributed by atoms with van der Waals surface area (Å²) >= 11 is 0. The lowest BCUT2D eigenvalue weighted by atomic mass is 10.1. The number of anilines is 1. The minimum Gasteiger partial charge on any atom is -0.477 e. The second kappa shape index (κ2) is 5.77. The van der Waals surface area contributed by atoms with Crippen molar-refractivity contribution in [2.75, 3.05) is 18.0 Å². The molecule has 1 aromatic carbocycles. The zero-order valence-electron chi connectivity index (χ0n) is 14.2. The molecule has 2 aromatic rings. The lowest BCUT2D eigenvalue weighted by molar-refractivity contribution is 0.0694. The molecule has 2 aliphatic rings. The van der Waals surface area contributed by atoms with Crippen LogP contribution in [0.1, 0.15) is 36.2 Å². The third-order valence-corrected chi connectivity index (χ3v) is 5.38. The molecular formula is C18H19F2N3O3. The van der Waals surface area contributed by atoms with Crippen LogP contribution in [0.25, 0.3) is 10.9 Å². The SMILES string of the molecule is CC1CC1n1cc(C(=O)O)c(=O)c2cc(F)c(N3CCC(N)C3)c(F)c21. The van der Waals surface area contributed by atoms with Crippen molar-refractivity contribution in [2.24, 2.45) is 11.7 Å². The Morgan fingerprint density at radius 3 is 2.62 bits per heavy atom. The van der Waals surface area contributed by atoms with Crippen molar-refractivity contribution in [3.05, 3.63) is 39.7 Å². The van der Waals surface area contributed by atoms with Crippen LogP contribution in [-0.2, 0) is 0 Å². The standard InChI is InChI=1S/C18H19F2N3O3/c1-8-4-13(8)23-7-11(18(25)26)17(24)10-5-12(19)16(14(20)15(10)23)22-3-2-9(21)6-22/h5,7-9,13H,2-4,6,21H2,1H3,(H,25,26). The van der Waals surface area contributed by atoms with Gasteiger partial charge >= 0.3 is 5.97 Å². The Hall–Kier alpha value is -2.48. The maximum absolute atomic E-state index is 15.4. The van der Waals surface area contributed by atoms with Gasteiger partial charge < -0.3 is 20.3 Å². The molecule has 138 valence electrons. The average Bonchev–Trinajstić information content (AvgIpc) is 3.14. The van der Waals surface area contributed by atoms with Crippen molar-refractivity contribution in [2.45, 2.75) is 31.8 Å². The summed E-state index contributed by atoms with van der Waals surface area (Å²) < 4.78 is 31.5. The van der Waals surface area contributed by atoms with Crippen LogP contribution in [-0.4, -0.2) is 34.8 Å². The summed E-state index contributed by atoms with van der Waals surface area (Å²) in [6.07, 6.45) is 2.56. The van der Waals surface area contributed by atoms with Gasteiger partial charge in [0.25, 0.3) is 0 Å². The molecule has 8 heteroatoms. The minimum atomic E-state index is -1.41. The van der Waals surface area contributed by atoms with Gasteiger partial charge in [-0.25, -0.2) is 13.6 Å². The highest BCUT2D eigenvalue weighted by Gasteiger charge is 2.37. The number of carbonyl (C=O) groups is 1. The predicted octanol–water partition coefficient (Wildman–Crippen LogP) is 2.10. The Kier molecular flexibility index (Phi) is 3.76. The minimum absolute atomic E-state index is 0.0359. The monoisotopic (exact) mass is 363 g/mol. The van der Waals surface area contributed by atoms with Crippen molar-refractivity contribution < 1.29 is 18.7 Å². The lowest BCUT2D eigenvalue weighted by Crippen LogP contribution is -2.28. The molecule has 3 N–H and O–H groups in total. The maximum Gasteiger partial charge on any atom is 0.341 e. The van der Waals surface area contributed by atoms with Crippen LogP contribution >= 0.6 is 0 Å². The van der Waals surface area contributed by atoms with E-state index in [1.165, 1.54) is 10.8 Å². The van der Waals surface area contributed by atoms with E-state index >= 15 is 4.39 Å². The first-order valence-electron chi connectivity index (χ1n) is 8.60. The highest BCUT2D eigenvalue weighted by molar-refractivity contribution is 5.94. The number of nitrogens with zero attached hydrogens (tertiary/aromatic N) is 2. The number of hydrogen-bond acceptors (Lipinski definition) is 4. The van der Waals surface area contributed by atoms with Gasteiger partial charge in [-0.1, -0.05) is 6.92 Å². The van der Waals surface area contributed by atoms with Gasteiger partial charge in [-0.3, -0.25) is 4.79 Å². The van der Waals surface area contributed by atoms with Crippen LogP contribution < -0.4 is 16.1 Å². The summed E-state index contributed by atoms with van der Waals surface area (Å²) in [5.74, 6) is -2.88. The number of carboxylic acid groups (broad SMARTS) is 1. The third kappa shape index (κ3) is 2.47. The first-order chi connectivity index (χ1) is 12.3. The second-order valence-electron chi connectivity index (χ2n) is 7.28. The van der Waals surface area contributed by atoms with Crippen LogP contribution in [0.3, 0.4) is 0 Å². The number of fused-ring (bicyclic) bond motifs is 1. The van der Waals surface area contributed by atoms with E-state index in [-0.39, 0.29) is 34.6 Å². The Bertz CT molecular complexity index is 988. The molecule has 1 aromatic heterocycles. The molecule has 0 amide bonds. The fraction of sp³-hybridized carbons (Fsp3) is 0.444. The van der Waals surface area contributed by atoms with E-state index in [1.54, 1.807) is 4.90 Å². The summed E-state index contributed by atoms with van der Waals surface area (Å²) in [7, 11) is 0. The van der Waals surface area contributed by atoms with Gasteiger partial charge in [-0.2, -0.15) is 0 Å². The van der Waals surface area contributed by atoms with Gasteiger partial charge in [0.05, 0.1) is 10.9 Å². The van der Waals surface area contributed by atoms with E-state index in [0.717, 1.165) is 12.5 Å². The number of carboxylic acids is 1. The molecule has 2 heterocycles. The molecule has 1 saturated carbocycles. The van der Waals surface area contributed by atoms with Gasteiger partial charge in [-0.05, 0) is 24.8 Å². The van der Waals surface area contributed by atoms with E-state index < -0.39 is 28.6 Å². The lowest BCUT2D eigenvalue weighted by Gasteiger charge is -2.22. The molecule has 1 aliphatic heterocycles. The van der Waals surface area contributed by atoms with Gasteiger partial charge in [0, 0.05) is 31.4 Å². The zero-order valence-corrected chi connectivity index (χ0v) is 14.2. The van der Waals surface area contributed by atoms with Crippen molar-refractivity contribution in [3.8, 4) is 0 Å². The number of aromatic carboxylic acids is 1. The molecule has 4 rings (SSSR count). The van der Waals surface area contributed by atoms with Crippen LogP contribution in [0.5, 0.6) is 0 Å². The topological polar surface area (TPSA) is 88.6 Å². The quantitative estimate of drug-likeness (QED) is 0.872. The fourth-order valence-electron chi connectivity index (χ4n) is 3.82. The predicted molar refractivity (Wildman–Crippen MR) is 92.7 cm³/mol. The third-order valence-electron chi connectivity index (χ3n) is 5.38. The highest BCUT2D eigenvalue weighted by Crippen LogP contribution is 2.45. The van der Waals surface area contributed by atoms with Gasteiger partial charge in [0.15, 0.2) is 5.82 Å². The number of halogens is 2. The largest absolute Gasteiger partial charge is 0.477 e. The fourth-order valence-corrected chi connectivity index (χ4v) is 3.82. The Morgan fingerprint density at radius 1 is 1.38 bits per heavy atom. The Balaban J connectivity index is 2.03. The van der Waals surface area contributed by atoms with Gasteiger partial charge in [0.1, 0.15) is 17.1 Å². The molecule has 6 nitrogen and oxygen atoms in total. The molecule has 0 spiro atoms. The summed E-state index contributed by atoms with van der Waals surface area (Å²) in [5.41, 5.74) is 4.26. The molecule has 2 fully saturated rings. The van der Waals surface area contributed by atoms with Crippen molar-refractivity contribution in [1.29, 1.82) is 0 Å². The van der Waals surface area contributed by atoms with E-state index in [9.17, 15) is 19.1 Å². The van der Waals surface area contributed by atoms with Crippen LogP contribution in [0.4, 0.5) is 14.5 Å². The van der Waals surface area contributed by atoms with Crippen LogP contribution in [0, 0.1) is 17.6 Å². The normalized spacial score (nSPS) is 25.1. The van der Waals surface area contributed by atoms with E-state index in [1.807, 2.05) is 6.92 Å².